The SMILES string of the molecule is CC(C)c1ccc([C@H](NC(=O)Cn2ccc(=O)[nH]c2=O)c2cccs2)cc1. The molecule has 0 bridgehead atoms. The summed E-state index contributed by atoms with van der Waals surface area (Å²) in [4.78, 5) is 38.6. The molecule has 2 aromatic heterocycles. The molecule has 27 heavy (non-hydrogen) atoms. The number of hydrogen-bond acceptors (Lipinski definition) is 4. The van der Waals surface area contributed by atoms with Crippen LogP contribution in [0, 0.1) is 0 Å². The predicted molar refractivity (Wildman–Crippen MR) is 106 cm³/mol. The van der Waals surface area contributed by atoms with E-state index in [0.29, 0.717) is 5.92 Å². The van der Waals surface area contributed by atoms with Crippen LogP contribution in [0.25, 0.3) is 0 Å². The van der Waals surface area contributed by atoms with Crippen LogP contribution in [0.4, 0.5) is 0 Å². The second-order valence-electron chi connectivity index (χ2n) is 6.58. The third-order valence-corrected chi connectivity index (χ3v) is 5.22. The van der Waals surface area contributed by atoms with E-state index in [-0.39, 0.29) is 18.5 Å². The fourth-order valence-electron chi connectivity index (χ4n) is 2.78. The molecule has 7 heteroatoms. The van der Waals surface area contributed by atoms with Crippen LogP contribution in [0.3, 0.4) is 0 Å². The topological polar surface area (TPSA) is 84.0 Å². The summed E-state index contributed by atoms with van der Waals surface area (Å²) in [5, 5.41) is 4.96. The molecule has 1 amide bonds. The van der Waals surface area contributed by atoms with Gasteiger partial charge in [-0.05, 0) is 28.5 Å². The molecule has 0 aliphatic heterocycles. The van der Waals surface area contributed by atoms with Crippen molar-refractivity contribution in [2.45, 2.75) is 32.4 Å². The van der Waals surface area contributed by atoms with Gasteiger partial charge >= 0.3 is 5.69 Å². The van der Waals surface area contributed by atoms with Gasteiger partial charge in [0.15, 0.2) is 0 Å². The summed E-state index contributed by atoms with van der Waals surface area (Å²) < 4.78 is 1.17. The quantitative estimate of drug-likeness (QED) is 0.686. The van der Waals surface area contributed by atoms with Crippen molar-refractivity contribution in [1.29, 1.82) is 0 Å². The van der Waals surface area contributed by atoms with Gasteiger partial charge in [0, 0.05) is 17.1 Å². The molecule has 1 atom stereocenters. The van der Waals surface area contributed by atoms with Crippen LogP contribution in [-0.4, -0.2) is 15.5 Å². The molecule has 0 aliphatic carbocycles. The van der Waals surface area contributed by atoms with Crippen molar-refractivity contribution in [3.05, 3.63) is 90.9 Å². The lowest BCUT2D eigenvalue weighted by Crippen LogP contribution is -2.37. The van der Waals surface area contributed by atoms with Gasteiger partial charge in [-0.25, -0.2) is 4.79 Å². The van der Waals surface area contributed by atoms with E-state index in [4.69, 9.17) is 0 Å². The molecule has 0 spiro atoms. The summed E-state index contributed by atoms with van der Waals surface area (Å²) >= 11 is 1.56. The zero-order chi connectivity index (χ0) is 19.4. The highest BCUT2D eigenvalue weighted by Gasteiger charge is 2.18. The Morgan fingerprint density at radius 3 is 2.41 bits per heavy atom. The van der Waals surface area contributed by atoms with Gasteiger partial charge in [-0.1, -0.05) is 44.2 Å². The number of nitrogens with zero attached hydrogens (tertiary/aromatic N) is 1. The van der Waals surface area contributed by atoms with Crippen molar-refractivity contribution in [3.63, 3.8) is 0 Å². The number of amides is 1. The summed E-state index contributed by atoms with van der Waals surface area (Å²) in [6.07, 6.45) is 1.32. The molecule has 2 heterocycles. The van der Waals surface area contributed by atoms with Crippen molar-refractivity contribution in [2.24, 2.45) is 0 Å². The maximum atomic E-state index is 12.5. The molecule has 0 aliphatic rings. The van der Waals surface area contributed by atoms with E-state index in [9.17, 15) is 14.4 Å². The van der Waals surface area contributed by atoms with Crippen molar-refractivity contribution in [2.75, 3.05) is 0 Å². The maximum absolute atomic E-state index is 12.5. The minimum absolute atomic E-state index is 0.165. The number of carbonyl (C=O) groups excluding carboxylic acids is 1. The Hall–Kier alpha value is -2.93. The first-order chi connectivity index (χ1) is 12.9. The highest BCUT2D eigenvalue weighted by atomic mass is 32.1. The summed E-state index contributed by atoms with van der Waals surface area (Å²) in [6, 6.07) is 13.0. The predicted octanol–water partition coefficient (Wildman–Crippen LogP) is 2.63. The van der Waals surface area contributed by atoms with Gasteiger partial charge in [-0.2, -0.15) is 0 Å². The van der Waals surface area contributed by atoms with Gasteiger partial charge < -0.3 is 5.32 Å². The minimum atomic E-state index is -0.605. The number of thiophene rings is 1. The molecular formula is C20H21N3O3S. The Kier molecular flexibility index (Phi) is 5.71. The Morgan fingerprint density at radius 2 is 1.81 bits per heavy atom. The van der Waals surface area contributed by atoms with Crippen molar-refractivity contribution >= 4 is 17.2 Å². The van der Waals surface area contributed by atoms with Gasteiger partial charge in [0.2, 0.25) is 5.91 Å². The smallest absolute Gasteiger partial charge is 0.328 e. The van der Waals surface area contributed by atoms with E-state index >= 15 is 0 Å². The van der Waals surface area contributed by atoms with E-state index in [1.165, 1.54) is 22.4 Å². The molecule has 1 aromatic carbocycles. The molecule has 3 aromatic rings. The molecule has 0 saturated heterocycles. The first-order valence-electron chi connectivity index (χ1n) is 8.66. The molecule has 0 saturated carbocycles. The van der Waals surface area contributed by atoms with Gasteiger partial charge in [-0.15, -0.1) is 11.3 Å². The maximum Gasteiger partial charge on any atom is 0.328 e. The molecular weight excluding hydrogens is 362 g/mol. The third kappa shape index (κ3) is 4.62. The third-order valence-electron chi connectivity index (χ3n) is 4.28. The van der Waals surface area contributed by atoms with Crippen molar-refractivity contribution < 1.29 is 4.79 Å². The number of carbonyl (C=O) groups is 1. The Morgan fingerprint density at radius 1 is 1.11 bits per heavy atom. The number of benzene rings is 1. The first kappa shape index (κ1) is 18.8. The standard InChI is InChI=1S/C20H21N3O3S/c1-13(2)14-5-7-15(8-6-14)19(16-4-3-11-27-16)21-18(25)12-23-10-9-17(24)22-20(23)26/h3-11,13,19H,12H2,1-2H3,(H,21,25)(H,22,24,26)/t19-/m0/s1. The Labute approximate surface area is 160 Å². The van der Waals surface area contributed by atoms with Crippen molar-refractivity contribution in [3.8, 4) is 0 Å². The number of aromatic nitrogens is 2. The monoisotopic (exact) mass is 383 g/mol. The van der Waals surface area contributed by atoms with Crippen LogP contribution >= 0.6 is 11.3 Å². The van der Waals surface area contributed by atoms with Gasteiger partial charge in [0.05, 0.1) is 6.04 Å². The van der Waals surface area contributed by atoms with Gasteiger partial charge in [-0.3, -0.25) is 19.1 Å². The van der Waals surface area contributed by atoms with Crippen LogP contribution in [0.15, 0.2) is 63.6 Å². The molecule has 3 rings (SSSR count). The molecule has 140 valence electrons. The summed E-state index contributed by atoms with van der Waals surface area (Å²) in [5.41, 5.74) is 1.11. The number of nitrogens with one attached hydrogen (secondary N) is 2. The second-order valence-corrected chi connectivity index (χ2v) is 7.55. The van der Waals surface area contributed by atoms with Crippen LogP contribution in [0.1, 0.15) is 41.8 Å². The lowest BCUT2D eigenvalue weighted by Gasteiger charge is -2.19. The lowest BCUT2D eigenvalue weighted by molar-refractivity contribution is -0.122. The minimum Gasteiger partial charge on any atom is -0.343 e. The van der Waals surface area contributed by atoms with Crippen LogP contribution in [0.2, 0.25) is 0 Å². The first-order valence-corrected chi connectivity index (χ1v) is 9.54. The highest BCUT2D eigenvalue weighted by molar-refractivity contribution is 7.10. The zero-order valence-electron chi connectivity index (χ0n) is 15.1. The van der Waals surface area contributed by atoms with E-state index < -0.39 is 11.2 Å². The zero-order valence-corrected chi connectivity index (χ0v) is 16.0. The lowest BCUT2D eigenvalue weighted by atomic mass is 9.98. The number of aromatic amines is 1. The summed E-state index contributed by atoms with van der Waals surface area (Å²) in [6.45, 7) is 4.10. The number of H-pyrrole nitrogens is 1. The summed E-state index contributed by atoms with van der Waals surface area (Å²) in [7, 11) is 0. The van der Waals surface area contributed by atoms with Crippen molar-refractivity contribution in [1.82, 2.24) is 14.9 Å². The Balaban J connectivity index is 1.82. The normalized spacial score (nSPS) is 12.1. The molecule has 0 unspecified atom stereocenters. The second kappa shape index (κ2) is 8.18. The molecule has 0 radical (unpaired) electrons. The van der Waals surface area contributed by atoms with Crippen LogP contribution in [0.5, 0.6) is 0 Å². The number of hydrogen-bond donors (Lipinski definition) is 2. The fraction of sp³-hybridized carbons (Fsp3) is 0.250. The van der Waals surface area contributed by atoms with E-state index in [1.54, 1.807) is 11.3 Å². The van der Waals surface area contributed by atoms with Gasteiger partial charge in [0.1, 0.15) is 6.54 Å². The summed E-state index contributed by atoms with van der Waals surface area (Å²) in [5.74, 6) is 0.122. The van der Waals surface area contributed by atoms with Crippen LogP contribution in [-0.2, 0) is 11.3 Å². The average Bonchev–Trinajstić information content (AvgIpc) is 3.16. The molecule has 0 fully saturated rings. The Bertz CT molecular complexity index is 1020. The largest absolute Gasteiger partial charge is 0.343 e. The average molecular weight is 383 g/mol. The van der Waals surface area contributed by atoms with E-state index in [0.717, 1.165) is 10.4 Å². The molecule has 2 N–H and O–H groups in total. The van der Waals surface area contributed by atoms with Crippen LogP contribution < -0.4 is 16.6 Å². The highest BCUT2D eigenvalue weighted by Crippen LogP contribution is 2.27. The van der Waals surface area contributed by atoms with E-state index in [1.807, 2.05) is 29.6 Å². The number of rotatable bonds is 6. The van der Waals surface area contributed by atoms with Gasteiger partial charge in [0.25, 0.3) is 5.56 Å². The molecule has 6 nitrogen and oxygen atoms in total. The van der Waals surface area contributed by atoms with E-state index in [2.05, 4.69) is 36.3 Å². The fourth-order valence-corrected chi connectivity index (χ4v) is 3.58.